The van der Waals surface area contributed by atoms with Gasteiger partial charge in [0.25, 0.3) is 11.7 Å². The molecule has 1 saturated heterocycles. The lowest BCUT2D eigenvalue weighted by molar-refractivity contribution is -0.132. The third-order valence-electron chi connectivity index (χ3n) is 6.10. The van der Waals surface area contributed by atoms with Gasteiger partial charge in [0.1, 0.15) is 17.3 Å². The monoisotopic (exact) mass is 525 g/mol. The molecule has 7 nitrogen and oxygen atoms in total. The first kappa shape index (κ1) is 26.0. The number of ether oxygens (including phenoxy) is 3. The van der Waals surface area contributed by atoms with Crippen molar-refractivity contribution in [3.63, 3.8) is 0 Å². The van der Waals surface area contributed by atoms with Gasteiger partial charge < -0.3 is 19.3 Å². The molecule has 1 atom stereocenters. The molecule has 4 rings (SSSR count). The minimum Gasteiger partial charge on any atom is -0.507 e. The molecule has 192 valence electrons. The van der Waals surface area contributed by atoms with Crippen molar-refractivity contribution < 1.29 is 33.3 Å². The molecule has 1 unspecified atom stereocenters. The molecule has 1 fully saturated rings. The Morgan fingerprint density at radius 1 is 1.00 bits per heavy atom. The highest BCUT2D eigenvalue weighted by molar-refractivity contribution is 6.51. The Balaban J connectivity index is 1.95. The first-order valence-electron chi connectivity index (χ1n) is 11.4. The highest BCUT2D eigenvalue weighted by Gasteiger charge is 2.47. The van der Waals surface area contributed by atoms with E-state index in [1.54, 1.807) is 36.4 Å². The summed E-state index contributed by atoms with van der Waals surface area (Å²) in [5.74, 6) is -1.39. The van der Waals surface area contributed by atoms with Crippen molar-refractivity contribution in [1.29, 1.82) is 0 Å². The summed E-state index contributed by atoms with van der Waals surface area (Å²) in [7, 11) is 2.94. The van der Waals surface area contributed by atoms with Crippen LogP contribution in [0.15, 0.2) is 60.2 Å². The molecule has 0 aromatic heterocycles. The van der Waals surface area contributed by atoms with Crippen molar-refractivity contribution in [3.8, 4) is 17.2 Å². The summed E-state index contributed by atoms with van der Waals surface area (Å²) in [6, 6.07) is 12.5. The van der Waals surface area contributed by atoms with Crippen molar-refractivity contribution in [1.82, 2.24) is 0 Å². The lowest BCUT2D eigenvalue weighted by atomic mass is 9.94. The predicted molar refractivity (Wildman–Crippen MR) is 138 cm³/mol. The van der Waals surface area contributed by atoms with Gasteiger partial charge in [0.2, 0.25) is 0 Å². The van der Waals surface area contributed by atoms with Crippen LogP contribution in [0.4, 0.5) is 10.1 Å². The Morgan fingerprint density at radius 2 is 1.70 bits per heavy atom. The van der Waals surface area contributed by atoms with Gasteiger partial charge in [-0.3, -0.25) is 14.5 Å². The Kier molecular flexibility index (Phi) is 7.40. The van der Waals surface area contributed by atoms with Crippen LogP contribution in [0.25, 0.3) is 5.76 Å². The third-order valence-corrected chi connectivity index (χ3v) is 6.39. The minimum atomic E-state index is -1.06. The van der Waals surface area contributed by atoms with E-state index in [2.05, 4.69) is 0 Å². The van der Waals surface area contributed by atoms with Gasteiger partial charge in [0.05, 0.1) is 37.5 Å². The molecule has 9 heteroatoms. The van der Waals surface area contributed by atoms with Crippen LogP contribution in [-0.2, 0) is 9.59 Å². The fourth-order valence-electron chi connectivity index (χ4n) is 4.34. The van der Waals surface area contributed by atoms with Crippen LogP contribution in [0.3, 0.4) is 0 Å². The number of ketones is 1. The van der Waals surface area contributed by atoms with Gasteiger partial charge in [0, 0.05) is 11.3 Å². The maximum absolute atomic E-state index is 13.9. The van der Waals surface area contributed by atoms with E-state index >= 15 is 0 Å². The summed E-state index contributed by atoms with van der Waals surface area (Å²) in [5.41, 5.74) is 1.59. The summed E-state index contributed by atoms with van der Waals surface area (Å²) in [4.78, 5) is 27.9. The fraction of sp³-hybridized carbons (Fsp3) is 0.214. The molecule has 0 spiro atoms. The second-order valence-electron chi connectivity index (χ2n) is 8.30. The molecule has 1 N–H and O–H groups in total. The summed E-state index contributed by atoms with van der Waals surface area (Å²) < 4.78 is 30.2. The number of hydrogen-bond donors (Lipinski definition) is 1. The molecular formula is C28H25ClFNO6. The van der Waals surface area contributed by atoms with E-state index in [9.17, 15) is 19.1 Å². The quantitative estimate of drug-likeness (QED) is 0.237. The Labute approximate surface area is 218 Å². The Bertz CT molecular complexity index is 1420. The number of amides is 1. The SMILES string of the molecule is CCOc1ccc(/C(O)=C2\C(=O)C(=O)N(c3ccc(F)c(Cl)c3)C2c2ccc(OC)c(OC)c2)cc1C. The maximum Gasteiger partial charge on any atom is 0.300 e. The zero-order valence-corrected chi connectivity index (χ0v) is 21.4. The molecule has 0 bridgehead atoms. The number of carbonyl (C=O) groups excluding carboxylic acids is 2. The summed E-state index contributed by atoms with van der Waals surface area (Å²) >= 11 is 6.00. The lowest BCUT2D eigenvalue weighted by Gasteiger charge is -2.26. The van der Waals surface area contributed by atoms with Gasteiger partial charge in [-0.2, -0.15) is 0 Å². The van der Waals surface area contributed by atoms with Crippen molar-refractivity contribution >= 4 is 34.7 Å². The van der Waals surface area contributed by atoms with E-state index < -0.39 is 23.5 Å². The van der Waals surface area contributed by atoms with Crippen LogP contribution in [0.1, 0.15) is 29.7 Å². The van der Waals surface area contributed by atoms with Crippen LogP contribution in [-0.4, -0.2) is 37.6 Å². The number of aliphatic hydroxyl groups is 1. The van der Waals surface area contributed by atoms with Crippen molar-refractivity contribution in [2.75, 3.05) is 25.7 Å². The number of rotatable bonds is 7. The first-order chi connectivity index (χ1) is 17.7. The zero-order valence-electron chi connectivity index (χ0n) is 20.7. The molecule has 37 heavy (non-hydrogen) atoms. The molecule has 3 aromatic rings. The zero-order chi connectivity index (χ0) is 26.9. The van der Waals surface area contributed by atoms with Crippen LogP contribution in [0.2, 0.25) is 5.02 Å². The predicted octanol–water partition coefficient (Wildman–Crippen LogP) is 5.83. The maximum atomic E-state index is 13.9. The van der Waals surface area contributed by atoms with E-state index in [1.165, 1.54) is 31.3 Å². The average Bonchev–Trinajstić information content (AvgIpc) is 3.16. The molecule has 1 aliphatic rings. The second-order valence-corrected chi connectivity index (χ2v) is 8.70. The molecule has 1 amide bonds. The van der Waals surface area contributed by atoms with Gasteiger partial charge >= 0.3 is 0 Å². The van der Waals surface area contributed by atoms with Gasteiger partial charge in [0.15, 0.2) is 11.5 Å². The van der Waals surface area contributed by atoms with E-state index in [0.29, 0.717) is 35.0 Å². The number of carbonyl (C=O) groups is 2. The molecule has 0 radical (unpaired) electrons. The molecular weight excluding hydrogens is 501 g/mol. The number of methoxy groups -OCH3 is 2. The van der Waals surface area contributed by atoms with E-state index in [1.807, 2.05) is 13.8 Å². The first-order valence-corrected chi connectivity index (χ1v) is 11.8. The van der Waals surface area contributed by atoms with Gasteiger partial charge in [-0.05, 0) is 73.5 Å². The molecule has 3 aromatic carbocycles. The van der Waals surface area contributed by atoms with Crippen LogP contribution < -0.4 is 19.1 Å². The molecule has 0 saturated carbocycles. The van der Waals surface area contributed by atoms with Crippen molar-refractivity contribution in [2.24, 2.45) is 0 Å². The summed E-state index contributed by atoms with van der Waals surface area (Å²) in [6.45, 7) is 4.14. The number of Topliss-reactive ketones (excluding diaryl/α,β-unsaturated/α-hetero) is 1. The van der Waals surface area contributed by atoms with Crippen LogP contribution in [0, 0.1) is 12.7 Å². The average molecular weight is 526 g/mol. The fourth-order valence-corrected chi connectivity index (χ4v) is 4.52. The summed E-state index contributed by atoms with van der Waals surface area (Å²) in [6.07, 6.45) is 0. The number of benzene rings is 3. The lowest BCUT2D eigenvalue weighted by Crippen LogP contribution is -2.29. The highest BCUT2D eigenvalue weighted by atomic mass is 35.5. The second kappa shape index (κ2) is 10.5. The Morgan fingerprint density at radius 3 is 2.32 bits per heavy atom. The van der Waals surface area contributed by atoms with E-state index in [0.717, 1.165) is 11.6 Å². The van der Waals surface area contributed by atoms with Gasteiger partial charge in [-0.25, -0.2) is 4.39 Å². The van der Waals surface area contributed by atoms with Crippen molar-refractivity contribution in [3.05, 3.63) is 87.7 Å². The van der Waals surface area contributed by atoms with Crippen LogP contribution >= 0.6 is 11.6 Å². The number of anilines is 1. The number of halogens is 2. The van der Waals surface area contributed by atoms with E-state index in [-0.39, 0.29) is 22.0 Å². The molecule has 0 aliphatic carbocycles. The standard InChI is InChI=1S/C28H25ClFNO6/c1-5-37-21-10-7-17(12-15(21)2)26(32)24-25(16-6-11-22(35-3)23(13-16)36-4)31(28(34)27(24)33)18-8-9-20(30)19(29)14-18/h6-14,25,32H,5H2,1-4H3/b26-24+. The largest absolute Gasteiger partial charge is 0.507 e. The van der Waals surface area contributed by atoms with E-state index in [4.69, 9.17) is 25.8 Å². The number of aryl methyl sites for hydroxylation is 1. The number of aliphatic hydroxyl groups excluding tert-OH is 1. The van der Waals surface area contributed by atoms with Crippen molar-refractivity contribution in [2.45, 2.75) is 19.9 Å². The highest BCUT2D eigenvalue weighted by Crippen LogP contribution is 2.44. The van der Waals surface area contributed by atoms with Crippen LogP contribution in [0.5, 0.6) is 17.2 Å². The number of nitrogens with zero attached hydrogens (tertiary/aromatic N) is 1. The topological polar surface area (TPSA) is 85.3 Å². The smallest absolute Gasteiger partial charge is 0.300 e. The Hall–Kier alpha value is -4.04. The normalized spacial score (nSPS) is 16.7. The summed E-state index contributed by atoms with van der Waals surface area (Å²) in [5, 5.41) is 11.2. The van der Waals surface area contributed by atoms with Gasteiger partial charge in [-0.1, -0.05) is 17.7 Å². The molecule has 1 heterocycles. The minimum absolute atomic E-state index is 0.138. The number of hydrogen-bond acceptors (Lipinski definition) is 6. The van der Waals surface area contributed by atoms with Gasteiger partial charge in [-0.15, -0.1) is 0 Å². The third kappa shape index (κ3) is 4.72. The molecule has 1 aliphatic heterocycles.